The van der Waals surface area contributed by atoms with Gasteiger partial charge in [0.2, 0.25) is 0 Å². The highest BCUT2D eigenvalue weighted by Gasteiger charge is 2.24. The SMILES string of the molecule is CN(CC1CCCCO1)C(=O)c1cn(C2CNC2)nn1. The van der Waals surface area contributed by atoms with E-state index < -0.39 is 0 Å². The van der Waals surface area contributed by atoms with Crippen LogP contribution in [0.3, 0.4) is 0 Å². The first kappa shape index (κ1) is 13.5. The van der Waals surface area contributed by atoms with Crippen molar-refractivity contribution in [2.45, 2.75) is 31.4 Å². The summed E-state index contributed by atoms with van der Waals surface area (Å²) in [6.07, 6.45) is 5.23. The Bertz CT molecular complexity index is 465. The van der Waals surface area contributed by atoms with Gasteiger partial charge in [0.05, 0.1) is 18.3 Å². The quantitative estimate of drug-likeness (QED) is 0.844. The van der Waals surface area contributed by atoms with Crippen LogP contribution in [0.2, 0.25) is 0 Å². The van der Waals surface area contributed by atoms with Gasteiger partial charge in [0.15, 0.2) is 5.69 Å². The normalized spacial score (nSPS) is 23.4. The third-order valence-corrected chi connectivity index (χ3v) is 3.96. The summed E-state index contributed by atoms with van der Waals surface area (Å²) in [6, 6.07) is 0.330. The lowest BCUT2D eigenvalue weighted by Gasteiger charge is -2.27. The summed E-state index contributed by atoms with van der Waals surface area (Å²) in [5, 5.41) is 11.2. The Balaban J connectivity index is 1.57. The van der Waals surface area contributed by atoms with E-state index in [1.807, 2.05) is 0 Å². The summed E-state index contributed by atoms with van der Waals surface area (Å²) in [7, 11) is 1.80. The molecule has 0 bridgehead atoms. The summed E-state index contributed by atoms with van der Waals surface area (Å²) in [5.41, 5.74) is 0.412. The Morgan fingerprint density at radius 3 is 3.05 bits per heavy atom. The fourth-order valence-corrected chi connectivity index (χ4v) is 2.55. The molecule has 0 saturated carbocycles. The van der Waals surface area contributed by atoms with Crippen molar-refractivity contribution < 1.29 is 9.53 Å². The number of amides is 1. The third kappa shape index (κ3) is 2.83. The molecule has 3 rings (SSSR count). The molecule has 20 heavy (non-hydrogen) atoms. The van der Waals surface area contributed by atoms with Crippen LogP contribution in [0.1, 0.15) is 35.8 Å². The predicted octanol–water partition coefficient (Wildman–Crippen LogP) is 0.0635. The number of hydrogen-bond donors (Lipinski definition) is 1. The van der Waals surface area contributed by atoms with Crippen molar-refractivity contribution in [3.8, 4) is 0 Å². The zero-order valence-corrected chi connectivity index (χ0v) is 11.8. The van der Waals surface area contributed by atoms with Gasteiger partial charge in [-0.1, -0.05) is 5.21 Å². The largest absolute Gasteiger partial charge is 0.376 e. The fourth-order valence-electron chi connectivity index (χ4n) is 2.55. The maximum Gasteiger partial charge on any atom is 0.275 e. The van der Waals surface area contributed by atoms with Gasteiger partial charge in [-0.15, -0.1) is 5.10 Å². The molecule has 2 aliphatic rings. The van der Waals surface area contributed by atoms with E-state index in [1.165, 1.54) is 6.42 Å². The second-order valence-corrected chi connectivity index (χ2v) is 5.57. The van der Waals surface area contributed by atoms with Gasteiger partial charge >= 0.3 is 0 Å². The summed E-state index contributed by atoms with van der Waals surface area (Å²) in [5.74, 6) is -0.0855. The van der Waals surface area contributed by atoms with E-state index in [0.29, 0.717) is 18.3 Å². The van der Waals surface area contributed by atoms with Crippen molar-refractivity contribution in [1.82, 2.24) is 25.2 Å². The summed E-state index contributed by atoms with van der Waals surface area (Å²) in [4.78, 5) is 14.0. The average molecular weight is 279 g/mol. The minimum absolute atomic E-state index is 0.0855. The molecule has 2 aliphatic heterocycles. The Morgan fingerprint density at radius 1 is 1.55 bits per heavy atom. The number of nitrogens with zero attached hydrogens (tertiary/aromatic N) is 4. The molecule has 7 nitrogen and oxygen atoms in total. The van der Waals surface area contributed by atoms with E-state index in [2.05, 4.69) is 15.6 Å². The molecule has 110 valence electrons. The first-order valence-corrected chi connectivity index (χ1v) is 7.23. The number of carbonyl (C=O) groups is 1. The third-order valence-electron chi connectivity index (χ3n) is 3.96. The van der Waals surface area contributed by atoms with Crippen molar-refractivity contribution >= 4 is 5.91 Å². The van der Waals surface area contributed by atoms with Gasteiger partial charge in [0, 0.05) is 33.3 Å². The molecule has 0 radical (unpaired) electrons. The predicted molar refractivity (Wildman–Crippen MR) is 72.5 cm³/mol. The zero-order valence-electron chi connectivity index (χ0n) is 11.8. The molecule has 0 spiro atoms. The molecule has 3 heterocycles. The minimum atomic E-state index is -0.0855. The van der Waals surface area contributed by atoms with Gasteiger partial charge in [-0.3, -0.25) is 4.79 Å². The number of carbonyl (C=O) groups excluding carboxylic acids is 1. The van der Waals surface area contributed by atoms with Crippen LogP contribution in [0.25, 0.3) is 0 Å². The smallest absolute Gasteiger partial charge is 0.275 e. The van der Waals surface area contributed by atoms with E-state index in [1.54, 1.807) is 22.8 Å². The van der Waals surface area contributed by atoms with Gasteiger partial charge in [-0.2, -0.15) is 0 Å². The van der Waals surface area contributed by atoms with Crippen LogP contribution in [0.15, 0.2) is 6.20 Å². The maximum atomic E-state index is 12.3. The molecule has 1 aromatic heterocycles. The van der Waals surface area contributed by atoms with Crippen LogP contribution in [-0.4, -0.2) is 65.2 Å². The van der Waals surface area contributed by atoms with Gasteiger partial charge in [-0.05, 0) is 19.3 Å². The zero-order chi connectivity index (χ0) is 13.9. The topological polar surface area (TPSA) is 72.3 Å². The highest BCUT2D eigenvalue weighted by molar-refractivity contribution is 5.91. The molecule has 1 N–H and O–H groups in total. The standard InChI is InChI=1S/C13H21N5O2/c1-17(8-11-4-2-3-5-20-11)13(19)12-9-18(16-15-12)10-6-14-7-10/h9-11,14H,2-8H2,1H3. The number of rotatable bonds is 4. The molecular formula is C13H21N5O2. The Morgan fingerprint density at radius 2 is 2.40 bits per heavy atom. The molecule has 2 saturated heterocycles. The van der Waals surface area contributed by atoms with Gasteiger partial charge in [0.25, 0.3) is 5.91 Å². The van der Waals surface area contributed by atoms with Crippen molar-refractivity contribution in [3.63, 3.8) is 0 Å². The molecule has 0 aliphatic carbocycles. The Labute approximate surface area is 118 Å². The van der Waals surface area contributed by atoms with Crippen LogP contribution in [0.5, 0.6) is 0 Å². The van der Waals surface area contributed by atoms with Crippen molar-refractivity contribution in [1.29, 1.82) is 0 Å². The molecule has 1 amide bonds. The van der Waals surface area contributed by atoms with Gasteiger partial charge < -0.3 is 15.0 Å². The fraction of sp³-hybridized carbons (Fsp3) is 0.769. The maximum absolute atomic E-state index is 12.3. The first-order valence-electron chi connectivity index (χ1n) is 7.23. The molecule has 7 heteroatoms. The molecule has 2 fully saturated rings. The number of nitrogens with one attached hydrogen (secondary N) is 1. The average Bonchev–Trinajstić information content (AvgIpc) is 2.86. The molecule has 1 unspecified atom stereocenters. The van der Waals surface area contributed by atoms with E-state index >= 15 is 0 Å². The Kier molecular flexibility index (Phi) is 3.98. The van der Waals surface area contributed by atoms with E-state index in [9.17, 15) is 4.79 Å². The highest BCUT2D eigenvalue weighted by Crippen LogP contribution is 2.15. The van der Waals surface area contributed by atoms with Crippen LogP contribution in [0.4, 0.5) is 0 Å². The van der Waals surface area contributed by atoms with E-state index in [4.69, 9.17) is 4.74 Å². The van der Waals surface area contributed by atoms with E-state index in [0.717, 1.165) is 32.5 Å². The Hall–Kier alpha value is -1.47. The van der Waals surface area contributed by atoms with Crippen molar-refractivity contribution in [3.05, 3.63) is 11.9 Å². The molecule has 1 atom stereocenters. The van der Waals surface area contributed by atoms with Crippen molar-refractivity contribution in [2.75, 3.05) is 33.3 Å². The highest BCUT2D eigenvalue weighted by atomic mass is 16.5. The number of likely N-dealkylation sites (N-methyl/N-ethyl adjacent to an activating group) is 1. The number of hydrogen-bond acceptors (Lipinski definition) is 5. The summed E-state index contributed by atoms with van der Waals surface area (Å²) >= 11 is 0. The van der Waals surface area contributed by atoms with Crippen LogP contribution in [-0.2, 0) is 4.74 Å². The molecule has 0 aromatic carbocycles. The monoisotopic (exact) mass is 279 g/mol. The number of ether oxygens (including phenoxy) is 1. The van der Waals surface area contributed by atoms with Crippen LogP contribution >= 0.6 is 0 Å². The lowest BCUT2D eigenvalue weighted by molar-refractivity contribution is -0.000293. The lowest BCUT2D eigenvalue weighted by Crippen LogP contribution is -2.43. The van der Waals surface area contributed by atoms with Crippen molar-refractivity contribution in [2.24, 2.45) is 0 Å². The molecule has 1 aromatic rings. The van der Waals surface area contributed by atoms with E-state index in [-0.39, 0.29) is 12.0 Å². The molecular weight excluding hydrogens is 258 g/mol. The van der Waals surface area contributed by atoms with Crippen LogP contribution in [0, 0.1) is 0 Å². The van der Waals surface area contributed by atoms with Crippen LogP contribution < -0.4 is 5.32 Å². The summed E-state index contributed by atoms with van der Waals surface area (Å²) in [6.45, 7) is 3.21. The van der Waals surface area contributed by atoms with Gasteiger partial charge in [-0.25, -0.2) is 4.68 Å². The first-order chi connectivity index (χ1) is 9.74. The lowest BCUT2D eigenvalue weighted by atomic mass is 10.1. The summed E-state index contributed by atoms with van der Waals surface area (Å²) < 4.78 is 7.43. The second-order valence-electron chi connectivity index (χ2n) is 5.57. The minimum Gasteiger partial charge on any atom is -0.376 e. The second kappa shape index (κ2) is 5.88. The van der Waals surface area contributed by atoms with Gasteiger partial charge in [0.1, 0.15) is 0 Å². The number of aromatic nitrogens is 3.